The summed E-state index contributed by atoms with van der Waals surface area (Å²) in [6.45, 7) is 6.22. The van der Waals surface area contributed by atoms with E-state index in [1.807, 2.05) is 6.07 Å². The Labute approximate surface area is 108 Å². The molecule has 1 N–H and O–H groups in total. The van der Waals surface area contributed by atoms with Crippen LogP contribution in [0.3, 0.4) is 0 Å². The number of aliphatic imine (C=N–C) groups is 1. The first-order valence-corrected chi connectivity index (χ1v) is 6.70. The van der Waals surface area contributed by atoms with Crippen LogP contribution in [0.5, 0.6) is 0 Å². The zero-order valence-electron chi connectivity index (χ0n) is 10.5. The summed E-state index contributed by atoms with van der Waals surface area (Å²) in [6.07, 6.45) is 2.93. The first-order valence-electron chi connectivity index (χ1n) is 6.32. The van der Waals surface area contributed by atoms with Gasteiger partial charge in [-0.3, -0.25) is 4.99 Å². The third kappa shape index (κ3) is 2.63. The highest BCUT2D eigenvalue weighted by Crippen LogP contribution is 2.25. The van der Waals surface area contributed by atoms with Gasteiger partial charge in [0.15, 0.2) is 0 Å². The lowest BCUT2D eigenvalue weighted by Gasteiger charge is -2.15. The van der Waals surface area contributed by atoms with Crippen molar-refractivity contribution in [2.24, 2.45) is 4.99 Å². The zero-order valence-corrected chi connectivity index (χ0v) is 11.3. The van der Waals surface area contributed by atoms with Crippen LogP contribution in [0.25, 0.3) is 0 Å². The molecule has 1 heterocycles. The lowest BCUT2D eigenvalue weighted by Crippen LogP contribution is -2.22. The third-order valence-electron chi connectivity index (χ3n) is 3.29. The summed E-state index contributed by atoms with van der Waals surface area (Å²) in [5.74, 6) is 1.11. The molecule has 0 radical (unpaired) electrons. The van der Waals surface area contributed by atoms with Crippen molar-refractivity contribution in [3.8, 4) is 0 Å². The standard InChI is InChI=1S/C14H19ClN2/c1-3-10-5-6-13(15)11(4-2)12(10)9-14-16-7-8-17-14/h5-6H,3-4,7-9H2,1-2H3,(H,16,17). The summed E-state index contributed by atoms with van der Waals surface area (Å²) in [7, 11) is 0. The summed E-state index contributed by atoms with van der Waals surface area (Å²) in [5.41, 5.74) is 4.04. The molecule has 0 saturated carbocycles. The Morgan fingerprint density at radius 2 is 2.06 bits per heavy atom. The van der Waals surface area contributed by atoms with Crippen molar-refractivity contribution in [2.45, 2.75) is 33.1 Å². The van der Waals surface area contributed by atoms with E-state index in [9.17, 15) is 0 Å². The molecule has 0 aliphatic carbocycles. The van der Waals surface area contributed by atoms with Crippen molar-refractivity contribution in [1.82, 2.24) is 5.32 Å². The van der Waals surface area contributed by atoms with E-state index in [4.69, 9.17) is 11.6 Å². The van der Waals surface area contributed by atoms with E-state index in [-0.39, 0.29) is 0 Å². The van der Waals surface area contributed by atoms with E-state index in [0.717, 1.165) is 43.2 Å². The maximum Gasteiger partial charge on any atom is 0.101 e. The van der Waals surface area contributed by atoms with Crippen LogP contribution in [0.15, 0.2) is 17.1 Å². The molecule has 92 valence electrons. The molecule has 0 aromatic heterocycles. The molecule has 0 atom stereocenters. The van der Waals surface area contributed by atoms with E-state index in [2.05, 4.69) is 30.2 Å². The number of hydrogen-bond acceptors (Lipinski definition) is 2. The van der Waals surface area contributed by atoms with Gasteiger partial charge in [0.1, 0.15) is 5.84 Å². The quantitative estimate of drug-likeness (QED) is 0.873. The van der Waals surface area contributed by atoms with Crippen LogP contribution in [0.1, 0.15) is 30.5 Å². The molecule has 2 nitrogen and oxygen atoms in total. The van der Waals surface area contributed by atoms with Gasteiger partial charge in [-0.25, -0.2) is 0 Å². The van der Waals surface area contributed by atoms with Crippen LogP contribution in [0, 0.1) is 0 Å². The molecule has 0 unspecified atom stereocenters. The summed E-state index contributed by atoms with van der Waals surface area (Å²) in [5, 5.41) is 4.22. The molecule has 0 saturated heterocycles. The molecule has 1 aromatic carbocycles. The van der Waals surface area contributed by atoms with E-state index in [0.29, 0.717) is 0 Å². The molecule has 1 aromatic rings. The predicted molar refractivity (Wildman–Crippen MR) is 74.2 cm³/mol. The second kappa shape index (κ2) is 5.54. The Morgan fingerprint density at radius 1 is 1.24 bits per heavy atom. The van der Waals surface area contributed by atoms with Crippen molar-refractivity contribution < 1.29 is 0 Å². The van der Waals surface area contributed by atoms with Crippen LogP contribution in [-0.2, 0) is 19.3 Å². The summed E-state index contributed by atoms with van der Waals surface area (Å²) < 4.78 is 0. The van der Waals surface area contributed by atoms with Gasteiger partial charge in [-0.2, -0.15) is 0 Å². The zero-order chi connectivity index (χ0) is 12.3. The average Bonchev–Trinajstić information content (AvgIpc) is 2.83. The second-order valence-electron chi connectivity index (χ2n) is 4.30. The predicted octanol–water partition coefficient (Wildman–Crippen LogP) is 3.01. The van der Waals surface area contributed by atoms with E-state index < -0.39 is 0 Å². The minimum absolute atomic E-state index is 0.887. The number of halogens is 1. The molecule has 3 heteroatoms. The number of amidine groups is 1. The molecule has 0 spiro atoms. The topological polar surface area (TPSA) is 24.4 Å². The smallest absolute Gasteiger partial charge is 0.101 e. The monoisotopic (exact) mass is 250 g/mol. The number of benzene rings is 1. The van der Waals surface area contributed by atoms with Gasteiger partial charge in [0.2, 0.25) is 0 Å². The van der Waals surface area contributed by atoms with Crippen LogP contribution in [0.2, 0.25) is 5.02 Å². The summed E-state index contributed by atoms with van der Waals surface area (Å²) in [6, 6.07) is 4.17. The highest BCUT2D eigenvalue weighted by atomic mass is 35.5. The lowest BCUT2D eigenvalue weighted by atomic mass is 9.94. The fourth-order valence-corrected chi connectivity index (χ4v) is 2.69. The van der Waals surface area contributed by atoms with Gasteiger partial charge in [0.25, 0.3) is 0 Å². The van der Waals surface area contributed by atoms with E-state index >= 15 is 0 Å². The highest BCUT2D eigenvalue weighted by Gasteiger charge is 2.14. The Hall–Kier alpha value is -1.02. The fraction of sp³-hybridized carbons (Fsp3) is 0.500. The van der Waals surface area contributed by atoms with Crippen LogP contribution in [-0.4, -0.2) is 18.9 Å². The van der Waals surface area contributed by atoms with Crippen molar-refractivity contribution in [3.05, 3.63) is 33.8 Å². The lowest BCUT2D eigenvalue weighted by molar-refractivity contribution is 0.947. The molecular formula is C14H19ClN2. The Balaban J connectivity index is 2.37. The average molecular weight is 251 g/mol. The van der Waals surface area contributed by atoms with Gasteiger partial charge < -0.3 is 5.32 Å². The van der Waals surface area contributed by atoms with Gasteiger partial charge in [0, 0.05) is 18.0 Å². The minimum atomic E-state index is 0.887. The molecule has 0 amide bonds. The van der Waals surface area contributed by atoms with E-state index in [1.54, 1.807) is 0 Å². The van der Waals surface area contributed by atoms with Gasteiger partial charge in [-0.05, 0) is 35.6 Å². The van der Waals surface area contributed by atoms with Crippen molar-refractivity contribution in [1.29, 1.82) is 0 Å². The van der Waals surface area contributed by atoms with Gasteiger partial charge in [0.05, 0.1) is 6.54 Å². The van der Waals surface area contributed by atoms with Crippen LogP contribution >= 0.6 is 11.6 Å². The Bertz CT molecular complexity index is 438. The summed E-state index contributed by atoms with van der Waals surface area (Å²) in [4.78, 5) is 4.47. The Kier molecular flexibility index (Phi) is 4.06. The second-order valence-corrected chi connectivity index (χ2v) is 4.71. The number of rotatable bonds is 4. The van der Waals surface area contributed by atoms with Crippen LogP contribution in [0.4, 0.5) is 0 Å². The molecule has 17 heavy (non-hydrogen) atoms. The maximum atomic E-state index is 6.28. The SMILES string of the molecule is CCc1ccc(Cl)c(CC)c1CC1=NCCN1. The highest BCUT2D eigenvalue weighted by molar-refractivity contribution is 6.31. The molecule has 1 aliphatic heterocycles. The molecule has 2 rings (SSSR count). The normalized spacial score (nSPS) is 14.6. The number of aryl methyl sites for hydroxylation is 1. The molecule has 0 bridgehead atoms. The fourth-order valence-electron chi connectivity index (χ4n) is 2.38. The van der Waals surface area contributed by atoms with Crippen molar-refractivity contribution >= 4 is 17.4 Å². The van der Waals surface area contributed by atoms with E-state index in [1.165, 1.54) is 16.7 Å². The van der Waals surface area contributed by atoms with Crippen LogP contribution < -0.4 is 5.32 Å². The first kappa shape index (κ1) is 12.4. The Morgan fingerprint density at radius 3 is 2.65 bits per heavy atom. The maximum absolute atomic E-state index is 6.28. The van der Waals surface area contributed by atoms with Gasteiger partial charge in [-0.15, -0.1) is 0 Å². The molecular weight excluding hydrogens is 232 g/mol. The summed E-state index contributed by atoms with van der Waals surface area (Å²) >= 11 is 6.28. The molecule has 1 aliphatic rings. The largest absolute Gasteiger partial charge is 0.372 e. The first-order chi connectivity index (χ1) is 8.26. The number of nitrogens with one attached hydrogen (secondary N) is 1. The van der Waals surface area contributed by atoms with Crippen molar-refractivity contribution in [2.75, 3.05) is 13.1 Å². The number of nitrogens with zero attached hydrogens (tertiary/aromatic N) is 1. The molecule has 0 fully saturated rings. The minimum Gasteiger partial charge on any atom is -0.372 e. The van der Waals surface area contributed by atoms with Crippen molar-refractivity contribution in [3.63, 3.8) is 0 Å². The van der Waals surface area contributed by atoms with Gasteiger partial charge in [-0.1, -0.05) is 31.5 Å². The third-order valence-corrected chi connectivity index (χ3v) is 3.65. The van der Waals surface area contributed by atoms with Gasteiger partial charge >= 0.3 is 0 Å². The number of hydrogen-bond donors (Lipinski definition) is 1.